The molecule has 2 fully saturated rings. The Kier molecular flexibility index (Phi) is 6.33. The molecule has 0 saturated carbocycles. The van der Waals surface area contributed by atoms with E-state index in [1.807, 2.05) is 18.7 Å². The zero-order valence-corrected chi connectivity index (χ0v) is 16.7. The maximum atomic E-state index is 12.6. The third kappa shape index (κ3) is 4.77. The van der Waals surface area contributed by atoms with E-state index >= 15 is 0 Å². The fourth-order valence-corrected chi connectivity index (χ4v) is 4.73. The molecule has 1 aromatic heterocycles. The van der Waals surface area contributed by atoms with E-state index in [1.165, 1.54) is 10.5 Å². The molecule has 8 nitrogen and oxygen atoms in total. The minimum absolute atomic E-state index is 0.0251. The summed E-state index contributed by atoms with van der Waals surface area (Å²) in [7, 11) is -3.52. The van der Waals surface area contributed by atoms with Crippen molar-refractivity contribution in [2.75, 3.05) is 44.7 Å². The average Bonchev–Trinajstić information content (AvgIpc) is 2.69. The Labute approximate surface area is 160 Å². The standard InChI is InChI=1S/C18H28N4O4S/c1-14(2)18(23)21-7-5-15(6-8-21)20-17-4-3-16(13-19-17)27(24,25)22-9-11-26-12-10-22/h3-4,13-15H,5-12H2,1-2H3,(H,19,20). The molecule has 3 rings (SSSR count). The highest BCUT2D eigenvalue weighted by molar-refractivity contribution is 7.89. The number of likely N-dealkylation sites (tertiary alicyclic amines) is 1. The van der Waals surface area contributed by atoms with Gasteiger partial charge >= 0.3 is 0 Å². The zero-order chi connectivity index (χ0) is 19.4. The number of carbonyl (C=O) groups excluding carboxylic acids is 1. The lowest BCUT2D eigenvalue weighted by Gasteiger charge is -2.33. The minimum Gasteiger partial charge on any atom is -0.379 e. The molecule has 2 saturated heterocycles. The summed E-state index contributed by atoms with van der Waals surface area (Å²) in [5, 5.41) is 3.35. The number of ether oxygens (including phenoxy) is 1. The van der Waals surface area contributed by atoms with Crippen molar-refractivity contribution in [2.24, 2.45) is 5.92 Å². The van der Waals surface area contributed by atoms with E-state index in [4.69, 9.17) is 4.74 Å². The zero-order valence-electron chi connectivity index (χ0n) is 15.9. The van der Waals surface area contributed by atoms with Gasteiger partial charge in [-0.05, 0) is 25.0 Å². The number of hydrogen-bond acceptors (Lipinski definition) is 6. The van der Waals surface area contributed by atoms with Crippen molar-refractivity contribution in [1.82, 2.24) is 14.2 Å². The van der Waals surface area contributed by atoms with Gasteiger partial charge in [-0.15, -0.1) is 0 Å². The van der Waals surface area contributed by atoms with Gasteiger partial charge in [0.15, 0.2) is 0 Å². The van der Waals surface area contributed by atoms with Crippen molar-refractivity contribution in [3.63, 3.8) is 0 Å². The third-order valence-electron chi connectivity index (χ3n) is 5.00. The number of carbonyl (C=O) groups is 1. The SMILES string of the molecule is CC(C)C(=O)N1CCC(Nc2ccc(S(=O)(=O)N3CCOCC3)cn2)CC1. The first-order chi connectivity index (χ1) is 12.9. The summed E-state index contributed by atoms with van der Waals surface area (Å²) in [6.45, 7) is 6.89. The molecule has 0 radical (unpaired) electrons. The first-order valence-electron chi connectivity index (χ1n) is 9.47. The van der Waals surface area contributed by atoms with E-state index in [0.717, 1.165) is 25.9 Å². The number of sulfonamides is 1. The van der Waals surface area contributed by atoms with Crippen molar-refractivity contribution in [1.29, 1.82) is 0 Å². The van der Waals surface area contributed by atoms with Gasteiger partial charge in [-0.1, -0.05) is 13.8 Å². The van der Waals surface area contributed by atoms with Gasteiger partial charge in [-0.2, -0.15) is 4.31 Å². The Balaban J connectivity index is 1.56. The number of aromatic nitrogens is 1. The first kappa shape index (κ1) is 20.0. The summed E-state index contributed by atoms with van der Waals surface area (Å²) < 4.78 is 31.9. The van der Waals surface area contributed by atoms with Gasteiger partial charge in [-0.3, -0.25) is 4.79 Å². The highest BCUT2D eigenvalue weighted by Crippen LogP contribution is 2.20. The Bertz CT molecular complexity index is 737. The van der Waals surface area contributed by atoms with Crippen LogP contribution in [0.5, 0.6) is 0 Å². The normalized spacial score (nSPS) is 20.0. The Morgan fingerprint density at radius 1 is 1.19 bits per heavy atom. The molecule has 150 valence electrons. The van der Waals surface area contributed by atoms with Crippen LogP contribution in [-0.2, 0) is 19.6 Å². The smallest absolute Gasteiger partial charge is 0.244 e. The molecule has 1 aromatic rings. The van der Waals surface area contributed by atoms with Crippen LogP contribution in [0.3, 0.4) is 0 Å². The maximum Gasteiger partial charge on any atom is 0.244 e. The number of piperidine rings is 1. The Hall–Kier alpha value is -1.71. The predicted molar refractivity (Wildman–Crippen MR) is 102 cm³/mol. The molecule has 1 amide bonds. The summed E-state index contributed by atoms with van der Waals surface area (Å²) in [6, 6.07) is 3.53. The molecule has 0 aromatic carbocycles. The van der Waals surface area contributed by atoms with E-state index in [0.29, 0.717) is 32.1 Å². The van der Waals surface area contributed by atoms with Crippen molar-refractivity contribution < 1.29 is 17.9 Å². The van der Waals surface area contributed by atoms with E-state index in [-0.39, 0.29) is 22.8 Å². The van der Waals surface area contributed by atoms with Gasteiger partial charge in [0.2, 0.25) is 15.9 Å². The van der Waals surface area contributed by atoms with E-state index < -0.39 is 10.0 Å². The lowest BCUT2D eigenvalue weighted by atomic mass is 10.0. The molecular formula is C18H28N4O4S. The van der Waals surface area contributed by atoms with Crippen LogP contribution in [0.4, 0.5) is 5.82 Å². The molecule has 1 N–H and O–H groups in total. The Morgan fingerprint density at radius 3 is 2.41 bits per heavy atom. The van der Waals surface area contributed by atoms with Crippen LogP contribution in [0.1, 0.15) is 26.7 Å². The summed E-state index contributed by atoms with van der Waals surface area (Å²) >= 11 is 0. The topological polar surface area (TPSA) is 91.8 Å². The molecule has 0 unspecified atom stereocenters. The average molecular weight is 397 g/mol. The minimum atomic E-state index is -3.52. The third-order valence-corrected chi connectivity index (χ3v) is 6.88. The van der Waals surface area contributed by atoms with Gasteiger partial charge in [0.05, 0.1) is 13.2 Å². The van der Waals surface area contributed by atoms with Crippen LogP contribution in [0, 0.1) is 5.92 Å². The number of pyridine rings is 1. The number of nitrogens with one attached hydrogen (secondary N) is 1. The molecule has 27 heavy (non-hydrogen) atoms. The lowest BCUT2D eigenvalue weighted by molar-refractivity contribution is -0.135. The fourth-order valence-electron chi connectivity index (χ4n) is 3.37. The molecule has 0 atom stereocenters. The first-order valence-corrected chi connectivity index (χ1v) is 10.9. The summed E-state index contributed by atoms with van der Waals surface area (Å²) in [6.07, 6.45) is 3.12. The van der Waals surface area contributed by atoms with Gasteiger partial charge in [0.25, 0.3) is 0 Å². The van der Waals surface area contributed by atoms with Crippen LogP contribution in [-0.4, -0.2) is 73.9 Å². The number of hydrogen-bond donors (Lipinski definition) is 1. The van der Waals surface area contributed by atoms with Crippen LogP contribution in [0.2, 0.25) is 0 Å². The van der Waals surface area contributed by atoms with Gasteiger partial charge in [-0.25, -0.2) is 13.4 Å². The second-order valence-electron chi connectivity index (χ2n) is 7.29. The quantitative estimate of drug-likeness (QED) is 0.803. The lowest BCUT2D eigenvalue weighted by Crippen LogP contribution is -2.44. The molecule has 0 bridgehead atoms. The highest BCUT2D eigenvalue weighted by Gasteiger charge is 2.27. The highest BCUT2D eigenvalue weighted by atomic mass is 32.2. The van der Waals surface area contributed by atoms with Crippen molar-refractivity contribution >= 4 is 21.7 Å². The van der Waals surface area contributed by atoms with Gasteiger partial charge in [0, 0.05) is 44.3 Å². The molecular weight excluding hydrogens is 368 g/mol. The number of rotatable bonds is 5. The molecule has 3 heterocycles. The molecule has 9 heteroatoms. The number of anilines is 1. The van der Waals surface area contributed by atoms with Crippen molar-refractivity contribution in [3.05, 3.63) is 18.3 Å². The van der Waals surface area contributed by atoms with E-state index in [9.17, 15) is 13.2 Å². The van der Waals surface area contributed by atoms with Crippen molar-refractivity contribution in [2.45, 2.75) is 37.6 Å². The van der Waals surface area contributed by atoms with Crippen LogP contribution in [0.25, 0.3) is 0 Å². The summed E-state index contributed by atoms with van der Waals surface area (Å²) in [4.78, 5) is 18.4. The number of amides is 1. The maximum absolute atomic E-state index is 12.6. The fraction of sp³-hybridized carbons (Fsp3) is 0.667. The van der Waals surface area contributed by atoms with Crippen LogP contribution < -0.4 is 5.32 Å². The molecule has 0 aliphatic carbocycles. The van der Waals surface area contributed by atoms with Gasteiger partial charge < -0.3 is 15.0 Å². The van der Waals surface area contributed by atoms with Gasteiger partial charge in [0.1, 0.15) is 10.7 Å². The monoisotopic (exact) mass is 396 g/mol. The Morgan fingerprint density at radius 2 is 1.85 bits per heavy atom. The van der Waals surface area contributed by atoms with Crippen LogP contribution >= 0.6 is 0 Å². The van der Waals surface area contributed by atoms with Crippen LogP contribution in [0.15, 0.2) is 23.2 Å². The van der Waals surface area contributed by atoms with Crippen molar-refractivity contribution in [3.8, 4) is 0 Å². The largest absolute Gasteiger partial charge is 0.379 e. The predicted octanol–water partition coefficient (Wildman–Crippen LogP) is 1.16. The second-order valence-corrected chi connectivity index (χ2v) is 9.23. The molecule has 2 aliphatic heterocycles. The summed E-state index contributed by atoms with van der Waals surface area (Å²) in [5.41, 5.74) is 0. The van der Waals surface area contributed by atoms with E-state index in [1.54, 1.807) is 12.1 Å². The van der Waals surface area contributed by atoms with E-state index in [2.05, 4.69) is 10.3 Å². The molecule has 0 spiro atoms. The second kappa shape index (κ2) is 8.53. The number of morpholine rings is 1. The molecule has 2 aliphatic rings. The number of nitrogens with zero attached hydrogens (tertiary/aromatic N) is 3. The summed E-state index contributed by atoms with van der Waals surface area (Å²) in [5.74, 6) is 0.881.